The molecule has 0 aliphatic heterocycles. The molecule has 1 aromatic carbocycles. The fourth-order valence-electron chi connectivity index (χ4n) is 1.85. The highest BCUT2D eigenvalue weighted by Crippen LogP contribution is 2.28. The molecule has 0 fully saturated rings. The summed E-state index contributed by atoms with van der Waals surface area (Å²) in [6, 6.07) is 5.57. The zero-order valence-electron chi connectivity index (χ0n) is 9.75. The topological polar surface area (TPSA) is 53.1 Å². The van der Waals surface area contributed by atoms with Gasteiger partial charge in [0.15, 0.2) is 0 Å². The Morgan fingerprint density at radius 1 is 1.47 bits per heavy atom. The molecule has 90 valence electrons. The van der Waals surface area contributed by atoms with E-state index in [0.29, 0.717) is 11.4 Å². The van der Waals surface area contributed by atoms with Gasteiger partial charge < -0.3 is 10.1 Å². The van der Waals surface area contributed by atoms with Crippen LogP contribution < -0.4 is 0 Å². The lowest BCUT2D eigenvalue weighted by Gasteiger charge is -2.18. The predicted molar refractivity (Wildman–Crippen MR) is 68.4 cm³/mol. The molecule has 0 aliphatic carbocycles. The minimum absolute atomic E-state index is 0.475. The number of hydrogen-bond donors (Lipinski definition) is 2. The van der Waals surface area contributed by atoms with E-state index < -0.39 is 11.4 Å². The molecule has 17 heavy (non-hydrogen) atoms. The zero-order chi connectivity index (χ0) is 12.6. The highest BCUT2D eigenvalue weighted by atomic mass is 35.5. The van der Waals surface area contributed by atoms with Crippen LogP contribution in [0, 0.1) is 5.41 Å². The van der Waals surface area contributed by atoms with Crippen molar-refractivity contribution in [2.75, 3.05) is 0 Å². The quantitative estimate of drug-likeness (QED) is 0.878. The van der Waals surface area contributed by atoms with Crippen LogP contribution in [0.5, 0.6) is 0 Å². The molecular formula is C13H14ClNO2. The number of nitrogens with one attached hydrogen (secondary N) is 1. The number of benzene rings is 1. The summed E-state index contributed by atoms with van der Waals surface area (Å²) in [7, 11) is 0. The van der Waals surface area contributed by atoms with Crippen LogP contribution in [0.15, 0.2) is 24.4 Å². The van der Waals surface area contributed by atoms with Gasteiger partial charge in [-0.1, -0.05) is 11.6 Å². The van der Waals surface area contributed by atoms with E-state index >= 15 is 0 Å². The van der Waals surface area contributed by atoms with Crippen molar-refractivity contribution in [1.29, 1.82) is 0 Å². The van der Waals surface area contributed by atoms with E-state index in [1.54, 1.807) is 13.8 Å². The molecule has 0 amide bonds. The zero-order valence-corrected chi connectivity index (χ0v) is 10.5. The van der Waals surface area contributed by atoms with E-state index in [1.165, 1.54) is 0 Å². The van der Waals surface area contributed by atoms with Crippen molar-refractivity contribution < 1.29 is 9.90 Å². The molecule has 1 aromatic heterocycles. The molecule has 0 unspecified atom stereocenters. The van der Waals surface area contributed by atoms with Crippen molar-refractivity contribution in [2.24, 2.45) is 5.41 Å². The first-order valence-electron chi connectivity index (χ1n) is 5.39. The second-order valence-corrected chi connectivity index (χ2v) is 5.31. The highest BCUT2D eigenvalue weighted by molar-refractivity contribution is 6.31. The number of fused-ring (bicyclic) bond motifs is 1. The number of hydrogen-bond acceptors (Lipinski definition) is 1. The van der Waals surface area contributed by atoms with Crippen LogP contribution in [0.1, 0.15) is 19.4 Å². The average molecular weight is 252 g/mol. The van der Waals surface area contributed by atoms with Crippen LogP contribution in [-0.2, 0) is 11.2 Å². The maximum absolute atomic E-state index is 11.1. The van der Waals surface area contributed by atoms with Gasteiger partial charge in [0, 0.05) is 22.1 Å². The Morgan fingerprint density at radius 3 is 2.82 bits per heavy atom. The summed E-state index contributed by atoms with van der Waals surface area (Å²) in [4.78, 5) is 14.2. The van der Waals surface area contributed by atoms with Crippen molar-refractivity contribution in [3.8, 4) is 0 Å². The lowest BCUT2D eigenvalue weighted by molar-refractivity contribution is -0.146. The van der Waals surface area contributed by atoms with E-state index in [1.807, 2.05) is 24.4 Å². The fourth-order valence-corrected chi connectivity index (χ4v) is 2.02. The molecule has 0 saturated heterocycles. The van der Waals surface area contributed by atoms with Crippen LogP contribution >= 0.6 is 11.6 Å². The normalized spacial score (nSPS) is 11.9. The van der Waals surface area contributed by atoms with Gasteiger partial charge in [0.05, 0.1) is 5.41 Å². The molecule has 2 aromatic rings. The molecule has 0 aliphatic rings. The number of halogens is 1. The van der Waals surface area contributed by atoms with Gasteiger partial charge in [0.1, 0.15) is 0 Å². The summed E-state index contributed by atoms with van der Waals surface area (Å²) in [5.74, 6) is -0.797. The van der Waals surface area contributed by atoms with Crippen molar-refractivity contribution >= 4 is 28.5 Å². The van der Waals surface area contributed by atoms with Crippen LogP contribution in [0.3, 0.4) is 0 Å². The number of H-pyrrole nitrogens is 1. The monoisotopic (exact) mass is 251 g/mol. The Kier molecular flexibility index (Phi) is 2.87. The number of carboxylic acid groups (broad SMARTS) is 1. The summed E-state index contributed by atoms with van der Waals surface area (Å²) in [5.41, 5.74) is 1.18. The van der Waals surface area contributed by atoms with Crippen molar-refractivity contribution in [1.82, 2.24) is 4.98 Å². The van der Waals surface area contributed by atoms with Crippen LogP contribution in [0.4, 0.5) is 0 Å². The SMILES string of the molecule is CC(C)(Cc1c[nH]c2ccc(Cl)cc12)C(=O)O. The van der Waals surface area contributed by atoms with E-state index in [9.17, 15) is 4.79 Å². The maximum Gasteiger partial charge on any atom is 0.309 e. The first-order valence-corrected chi connectivity index (χ1v) is 5.77. The molecule has 0 atom stereocenters. The van der Waals surface area contributed by atoms with Crippen LogP contribution in [-0.4, -0.2) is 16.1 Å². The summed E-state index contributed by atoms with van der Waals surface area (Å²) < 4.78 is 0. The summed E-state index contributed by atoms with van der Waals surface area (Å²) in [5, 5.41) is 10.8. The Hall–Kier alpha value is -1.48. The third-order valence-electron chi connectivity index (χ3n) is 2.94. The molecule has 0 saturated carbocycles. The molecule has 3 nitrogen and oxygen atoms in total. The van der Waals surface area contributed by atoms with Gasteiger partial charge in [-0.05, 0) is 44.0 Å². The van der Waals surface area contributed by atoms with Gasteiger partial charge in [0.2, 0.25) is 0 Å². The first-order chi connectivity index (χ1) is 7.90. The summed E-state index contributed by atoms with van der Waals surface area (Å²) in [6.45, 7) is 3.44. The first kappa shape index (κ1) is 12.0. The molecule has 0 bridgehead atoms. The predicted octanol–water partition coefficient (Wildman–Crippen LogP) is 3.47. The molecule has 2 N–H and O–H groups in total. The second kappa shape index (κ2) is 4.08. The molecule has 2 rings (SSSR count). The Bertz CT molecular complexity index is 572. The summed E-state index contributed by atoms with van der Waals surface area (Å²) in [6.07, 6.45) is 2.33. The third kappa shape index (κ3) is 2.29. The maximum atomic E-state index is 11.1. The Labute approximate surface area is 104 Å². The number of aromatic nitrogens is 1. The molecular weight excluding hydrogens is 238 g/mol. The lowest BCUT2D eigenvalue weighted by atomic mass is 9.86. The second-order valence-electron chi connectivity index (χ2n) is 4.87. The van der Waals surface area contributed by atoms with E-state index in [0.717, 1.165) is 16.5 Å². The van der Waals surface area contributed by atoms with Gasteiger partial charge >= 0.3 is 5.97 Å². The minimum Gasteiger partial charge on any atom is -0.481 e. The molecule has 4 heteroatoms. The Balaban J connectivity index is 2.43. The van der Waals surface area contributed by atoms with Gasteiger partial charge in [-0.2, -0.15) is 0 Å². The van der Waals surface area contributed by atoms with Crippen molar-refractivity contribution in [3.05, 3.63) is 35.0 Å². The smallest absolute Gasteiger partial charge is 0.309 e. The van der Waals surface area contributed by atoms with Gasteiger partial charge in [-0.15, -0.1) is 0 Å². The van der Waals surface area contributed by atoms with Crippen LogP contribution in [0.25, 0.3) is 10.9 Å². The van der Waals surface area contributed by atoms with E-state index in [4.69, 9.17) is 16.7 Å². The van der Waals surface area contributed by atoms with Gasteiger partial charge in [-0.25, -0.2) is 0 Å². The third-order valence-corrected chi connectivity index (χ3v) is 3.18. The van der Waals surface area contributed by atoms with Crippen molar-refractivity contribution in [3.63, 3.8) is 0 Å². The number of aromatic amines is 1. The van der Waals surface area contributed by atoms with Gasteiger partial charge in [0.25, 0.3) is 0 Å². The Morgan fingerprint density at radius 2 is 2.18 bits per heavy atom. The standard InChI is InChI=1S/C13H14ClNO2/c1-13(2,12(16)17)6-8-7-15-11-4-3-9(14)5-10(8)11/h3-5,7,15H,6H2,1-2H3,(H,16,17). The lowest BCUT2D eigenvalue weighted by Crippen LogP contribution is -2.26. The molecule has 1 heterocycles. The highest BCUT2D eigenvalue weighted by Gasteiger charge is 2.28. The largest absolute Gasteiger partial charge is 0.481 e. The van der Waals surface area contributed by atoms with E-state index in [2.05, 4.69) is 4.98 Å². The number of aliphatic carboxylic acids is 1. The van der Waals surface area contributed by atoms with Crippen LogP contribution in [0.2, 0.25) is 5.02 Å². The average Bonchev–Trinajstić information content (AvgIpc) is 2.60. The number of carbonyl (C=O) groups is 1. The minimum atomic E-state index is -0.797. The van der Waals surface area contributed by atoms with Crippen molar-refractivity contribution in [2.45, 2.75) is 20.3 Å². The van der Waals surface area contributed by atoms with Gasteiger partial charge in [-0.3, -0.25) is 4.79 Å². The summed E-state index contributed by atoms with van der Waals surface area (Å²) >= 11 is 5.95. The number of carboxylic acids is 1. The fraction of sp³-hybridized carbons (Fsp3) is 0.308. The molecule has 0 radical (unpaired) electrons. The molecule has 0 spiro atoms. The number of rotatable bonds is 3. The van der Waals surface area contributed by atoms with E-state index in [-0.39, 0.29) is 0 Å².